The first-order valence-corrected chi connectivity index (χ1v) is 11.2. The summed E-state index contributed by atoms with van der Waals surface area (Å²) in [6.07, 6.45) is 1.35. The first-order chi connectivity index (χ1) is 17.5. The molecule has 0 aliphatic carbocycles. The van der Waals surface area contributed by atoms with Gasteiger partial charge < -0.3 is 14.8 Å². The molecule has 0 spiro atoms. The third kappa shape index (κ3) is 6.32. The van der Waals surface area contributed by atoms with Gasteiger partial charge in [-0.3, -0.25) is 9.59 Å². The summed E-state index contributed by atoms with van der Waals surface area (Å²) in [6.45, 7) is 0. The van der Waals surface area contributed by atoms with Crippen LogP contribution in [0.1, 0.15) is 44.5 Å². The number of hydrogen-bond acceptors (Lipinski definition) is 5. The minimum Gasteiger partial charge on any atom is -0.478 e. The number of carbonyl (C=O) groups is 3. The van der Waals surface area contributed by atoms with Crippen molar-refractivity contribution in [2.45, 2.75) is 12.5 Å². The fourth-order valence-corrected chi connectivity index (χ4v) is 3.52. The van der Waals surface area contributed by atoms with Crippen LogP contribution in [0.5, 0.6) is 0 Å². The van der Waals surface area contributed by atoms with Gasteiger partial charge in [0, 0.05) is 11.1 Å². The SMILES string of the molecule is O=C(C[C@H](NC(=O)c1ccccc1)c1ccccc1)N/N=C\c1ccc(-c2ccc(C(=O)O)cc2)o1. The average Bonchev–Trinajstić information content (AvgIpc) is 3.38. The standard InChI is InChI=1S/C28H23N3O5/c32-26(17-24(19-7-3-1-4-8-19)30-27(33)21-9-5-2-6-10-21)31-29-18-23-15-16-25(36-23)20-11-13-22(14-12-20)28(34)35/h1-16,18,24H,17H2,(H,30,33)(H,31,32)(H,34,35)/b29-18-/t24-/m0/s1. The Morgan fingerprint density at radius 2 is 1.50 bits per heavy atom. The van der Waals surface area contributed by atoms with Crippen molar-refractivity contribution in [3.8, 4) is 11.3 Å². The Labute approximate surface area is 207 Å². The second-order valence-electron chi connectivity index (χ2n) is 7.88. The third-order valence-electron chi connectivity index (χ3n) is 5.36. The van der Waals surface area contributed by atoms with Crippen LogP contribution in [-0.4, -0.2) is 29.1 Å². The molecule has 0 unspecified atom stereocenters. The van der Waals surface area contributed by atoms with Crippen LogP contribution in [-0.2, 0) is 4.79 Å². The Bertz CT molecular complexity index is 1360. The van der Waals surface area contributed by atoms with E-state index in [9.17, 15) is 14.4 Å². The van der Waals surface area contributed by atoms with E-state index in [1.807, 2.05) is 36.4 Å². The zero-order valence-corrected chi connectivity index (χ0v) is 19.1. The number of amides is 2. The van der Waals surface area contributed by atoms with Gasteiger partial charge in [-0.15, -0.1) is 0 Å². The van der Waals surface area contributed by atoms with Gasteiger partial charge in [-0.25, -0.2) is 10.2 Å². The quantitative estimate of drug-likeness (QED) is 0.237. The largest absolute Gasteiger partial charge is 0.478 e. The van der Waals surface area contributed by atoms with E-state index < -0.39 is 12.0 Å². The van der Waals surface area contributed by atoms with Crippen molar-refractivity contribution in [3.05, 3.63) is 120 Å². The molecule has 180 valence electrons. The molecule has 36 heavy (non-hydrogen) atoms. The van der Waals surface area contributed by atoms with Crippen LogP contribution >= 0.6 is 0 Å². The van der Waals surface area contributed by atoms with E-state index in [1.54, 1.807) is 48.5 Å². The molecule has 3 N–H and O–H groups in total. The van der Waals surface area contributed by atoms with Crippen LogP contribution < -0.4 is 10.7 Å². The summed E-state index contributed by atoms with van der Waals surface area (Å²) in [4.78, 5) is 36.3. The molecule has 4 aromatic rings. The topological polar surface area (TPSA) is 121 Å². The average molecular weight is 482 g/mol. The maximum absolute atomic E-state index is 12.7. The van der Waals surface area contributed by atoms with E-state index >= 15 is 0 Å². The van der Waals surface area contributed by atoms with Crippen molar-refractivity contribution in [1.29, 1.82) is 0 Å². The van der Waals surface area contributed by atoms with E-state index in [0.29, 0.717) is 22.6 Å². The molecule has 0 saturated carbocycles. The predicted molar refractivity (Wildman–Crippen MR) is 135 cm³/mol. The lowest BCUT2D eigenvalue weighted by atomic mass is 10.0. The highest BCUT2D eigenvalue weighted by Crippen LogP contribution is 2.22. The van der Waals surface area contributed by atoms with Crippen LogP contribution in [0.3, 0.4) is 0 Å². The Balaban J connectivity index is 1.38. The molecule has 3 aromatic carbocycles. The fraction of sp³-hybridized carbons (Fsp3) is 0.0714. The first-order valence-electron chi connectivity index (χ1n) is 11.2. The minimum absolute atomic E-state index is 0.0146. The van der Waals surface area contributed by atoms with Gasteiger partial charge in [-0.05, 0) is 42.0 Å². The van der Waals surface area contributed by atoms with E-state index in [2.05, 4.69) is 15.8 Å². The predicted octanol–water partition coefficient (Wildman–Crippen LogP) is 4.66. The molecule has 0 aliphatic rings. The number of furan rings is 1. The summed E-state index contributed by atoms with van der Waals surface area (Å²) < 4.78 is 5.70. The minimum atomic E-state index is -1.00. The van der Waals surface area contributed by atoms with Crippen molar-refractivity contribution in [2.75, 3.05) is 0 Å². The maximum atomic E-state index is 12.7. The van der Waals surface area contributed by atoms with Crippen LogP contribution in [0, 0.1) is 0 Å². The fourth-order valence-electron chi connectivity index (χ4n) is 3.52. The lowest BCUT2D eigenvalue weighted by Crippen LogP contribution is -2.32. The molecule has 1 heterocycles. The zero-order chi connectivity index (χ0) is 25.3. The van der Waals surface area contributed by atoms with Crippen LogP contribution in [0.15, 0.2) is 107 Å². The molecular weight excluding hydrogens is 458 g/mol. The van der Waals surface area contributed by atoms with Crippen LogP contribution in [0.25, 0.3) is 11.3 Å². The second-order valence-corrected chi connectivity index (χ2v) is 7.88. The summed E-state index contributed by atoms with van der Waals surface area (Å²) in [7, 11) is 0. The summed E-state index contributed by atoms with van der Waals surface area (Å²) in [5.74, 6) is -0.722. The molecule has 1 atom stereocenters. The lowest BCUT2D eigenvalue weighted by molar-refractivity contribution is -0.121. The van der Waals surface area contributed by atoms with Crippen molar-refractivity contribution in [1.82, 2.24) is 10.7 Å². The molecule has 0 fully saturated rings. The Kier molecular flexibility index (Phi) is 7.67. The second kappa shape index (κ2) is 11.4. The number of carboxylic acid groups (broad SMARTS) is 1. The number of nitrogens with one attached hydrogen (secondary N) is 2. The number of benzene rings is 3. The molecule has 4 rings (SSSR count). The van der Waals surface area contributed by atoms with Gasteiger partial charge in [0.25, 0.3) is 5.91 Å². The molecular formula is C28H23N3O5. The monoisotopic (exact) mass is 481 g/mol. The third-order valence-corrected chi connectivity index (χ3v) is 5.36. The molecule has 0 aliphatic heterocycles. The van der Waals surface area contributed by atoms with Crippen molar-refractivity contribution < 1.29 is 23.9 Å². The molecule has 0 saturated heterocycles. The van der Waals surface area contributed by atoms with Crippen molar-refractivity contribution in [2.24, 2.45) is 5.10 Å². The summed E-state index contributed by atoms with van der Waals surface area (Å²) in [6, 6.07) is 27.2. The molecule has 1 aromatic heterocycles. The van der Waals surface area contributed by atoms with Crippen molar-refractivity contribution in [3.63, 3.8) is 0 Å². The smallest absolute Gasteiger partial charge is 0.335 e. The number of aromatic carboxylic acids is 1. The highest BCUT2D eigenvalue weighted by atomic mass is 16.4. The van der Waals surface area contributed by atoms with Gasteiger partial charge in [0.05, 0.1) is 24.2 Å². The van der Waals surface area contributed by atoms with E-state index in [0.717, 1.165) is 5.56 Å². The van der Waals surface area contributed by atoms with Gasteiger partial charge in [-0.2, -0.15) is 5.10 Å². The molecule has 0 bridgehead atoms. The molecule has 0 radical (unpaired) electrons. The number of carboxylic acids is 1. The number of hydrogen-bond donors (Lipinski definition) is 3. The Morgan fingerprint density at radius 1 is 0.833 bits per heavy atom. The maximum Gasteiger partial charge on any atom is 0.335 e. The number of rotatable bonds is 9. The highest BCUT2D eigenvalue weighted by molar-refractivity contribution is 5.94. The molecule has 2 amide bonds. The highest BCUT2D eigenvalue weighted by Gasteiger charge is 2.19. The first kappa shape index (κ1) is 24.2. The van der Waals surface area contributed by atoms with E-state index in [4.69, 9.17) is 9.52 Å². The normalized spacial score (nSPS) is 11.7. The van der Waals surface area contributed by atoms with Gasteiger partial charge in [0.2, 0.25) is 5.91 Å². The Morgan fingerprint density at radius 3 is 2.17 bits per heavy atom. The molecule has 8 heteroatoms. The van der Waals surface area contributed by atoms with Gasteiger partial charge in [-0.1, -0.05) is 60.7 Å². The number of carbonyl (C=O) groups excluding carboxylic acids is 2. The number of hydrazone groups is 1. The summed E-state index contributed by atoms with van der Waals surface area (Å²) >= 11 is 0. The van der Waals surface area contributed by atoms with Crippen LogP contribution in [0.2, 0.25) is 0 Å². The lowest BCUT2D eigenvalue weighted by Gasteiger charge is -2.18. The number of nitrogens with zero attached hydrogens (tertiary/aromatic N) is 1. The van der Waals surface area contributed by atoms with E-state index in [-0.39, 0.29) is 23.8 Å². The summed E-state index contributed by atoms with van der Waals surface area (Å²) in [5, 5.41) is 15.9. The molecule has 8 nitrogen and oxygen atoms in total. The van der Waals surface area contributed by atoms with Gasteiger partial charge in [0.15, 0.2) is 0 Å². The van der Waals surface area contributed by atoms with Gasteiger partial charge >= 0.3 is 5.97 Å². The Hall–Kier alpha value is -4.98. The summed E-state index contributed by atoms with van der Waals surface area (Å²) in [5.41, 5.74) is 4.66. The van der Waals surface area contributed by atoms with Gasteiger partial charge in [0.1, 0.15) is 11.5 Å². The van der Waals surface area contributed by atoms with Crippen LogP contribution in [0.4, 0.5) is 0 Å². The van der Waals surface area contributed by atoms with E-state index in [1.165, 1.54) is 18.3 Å². The zero-order valence-electron chi connectivity index (χ0n) is 19.1. The van der Waals surface area contributed by atoms with Crippen molar-refractivity contribution >= 4 is 24.0 Å².